The standard InChI is InChI=1S/C9H21NO4S/c1-8(7-15(3,12)13)10-5-4-9(11)6-14-2/h8-11H,4-7H2,1-3H3. The molecule has 0 spiro atoms. The number of hydrogen-bond acceptors (Lipinski definition) is 5. The second kappa shape index (κ2) is 7.16. The first-order valence-corrected chi connectivity index (χ1v) is 6.99. The molecule has 0 heterocycles. The summed E-state index contributed by atoms with van der Waals surface area (Å²) in [7, 11) is -1.40. The average Bonchev–Trinajstić information content (AvgIpc) is 2.00. The molecule has 0 saturated carbocycles. The minimum Gasteiger partial charge on any atom is -0.391 e. The van der Waals surface area contributed by atoms with Crippen LogP contribution < -0.4 is 5.32 Å². The molecule has 0 amide bonds. The summed E-state index contributed by atoms with van der Waals surface area (Å²) < 4.78 is 26.6. The van der Waals surface area contributed by atoms with Gasteiger partial charge in [-0.05, 0) is 19.9 Å². The Morgan fingerprint density at radius 1 is 1.47 bits per heavy atom. The van der Waals surface area contributed by atoms with Crippen LogP contribution in [0.3, 0.4) is 0 Å². The van der Waals surface area contributed by atoms with E-state index in [1.165, 1.54) is 13.4 Å². The quantitative estimate of drug-likeness (QED) is 0.592. The number of aliphatic hydroxyl groups excluding tert-OH is 1. The van der Waals surface area contributed by atoms with Crippen molar-refractivity contribution in [1.29, 1.82) is 0 Å². The highest BCUT2D eigenvalue weighted by molar-refractivity contribution is 7.90. The molecule has 2 unspecified atom stereocenters. The van der Waals surface area contributed by atoms with Gasteiger partial charge in [0.1, 0.15) is 9.84 Å². The largest absolute Gasteiger partial charge is 0.391 e. The Kier molecular flexibility index (Phi) is 7.08. The van der Waals surface area contributed by atoms with Gasteiger partial charge in [0, 0.05) is 19.4 Å². The van der Waals surface area contributed by atoms with Gasteiger partial charge in [-0.2, -0.15) is 0 Å². The zero-order valence-corrected chi connectivity index (χ0v) is 10.4. The molecule has 0 aliphatic rings. The van der Waals surface area contributed by atoms with E-state index in [0.717, 1.165) is 0 Å². The second-order valence-electron chi connectivity index (χ2n) is 3.85. The van der Waals surface area contributed by atoms with Gasteiger partial charge in [-0.3, -0.25) is 0 Å². The number of methoxy groups -OCH3 is 1. The predicted octanol–water partition coefficient (Wildman–Crippen LogP) is -0.593. The maximum absolute atomic E-state index is 10.9. The minimum atomic E-state index is -2.93. The van der Waals surface area contributed by atoms with Crippen molar-refractivity contribution in [2.75, 3.05) is 32.3 Å². The third kappa shape index (κ3) is 10.1. The summed E-state index contributed by atoms with van der Waals surface area (Å²) in [4.78, 5) is 0. The van der Waals surface area contributed by atoms with Crippen LogP contribution in [-0.2, 0) is 14.6 Å². The zero-order chi connectivity index (χ0) is 11.9. The molecule has 5 nitrogen and oxygen atoms in total. The van der Waals surface area contributed by atoms with Gasteiger partial charge in [0.15, 0.2) is 0 Å². The summed E-state index contributed by atoms with van der Waals surface area (Å²) in [5.41, 5.74) is 0. The lowest BCUT2D eigenvalue weighted by atomic mass is 10.2. The van der Waals surface area contributed by atoms with Gasteiger partial charge in [0.2, 0.25) is 0 Å². The van der Waals surface area contributed by atoms with Crippen molar-refractivity contribution in [1.82, 2.24) is 5.32 Å². The van der Waals surface area contributed by atoms with E-state index in [2.05, 4.69) is 5.32 Å². The van der Waals surface area contributed by atoms with Crippen LogP contribution in [0.4, 0.5) is 0 Å². The van der Waals surface area contributed by atoms with Gasteiger partial charge < -0.3 is 15.2 Å². The van der Waals surface area contributed by atoms with E-state index in [1.54, 1.807) is 0 Å². The van der Waals surface area contributed by atoms with E-state index in [1.807, 2.05) is 6.92 Å². The van der Waals surface area contributed by atoms with Gasteiger partial charge in [-0.15, -0.1) is 0 Å². The fourth-order valence-electron chi connectivity index (χ4n) is 1.29. The molecular formula is C9H21NO4S. The molecule has 0 aromatic carbocycles. The summed E-state index contributed by atoms with van der Waals surface area (Å²) in [6.07, 6.45) is 1.28. The molecule has 2 N–H and O–H groups in total. The lowest BCUT2D eigenvalue weighted by molar-refractivity contribution is 0.0592. The number of aliphatic hydroxyl groups is 1. The Bertz CT molecular complexity index is 253. The van der Waals surface area contributed by atoms with E-state index in [-0.39, 0.29) is 11.8 Å². The SMILES string of the molecule is COCC(O)CCNC(C)CS(C)(=O)=O. The molecule has 2 atom stereocenters. The van der Waals surface area contributed by atoms with Crippen molar-refractivity contribution in [3.8, 4) is 0 Å². The number of rotatable bonds is 8. The molecule has 0 saturated heterocycles. The monoisotopic (exact) mass is 239 g/mol. The molecule has 0 aliphatic carbocycles. The highest BCUT2D eigenvalue weighted by Gasteiger charge is 2.10. The highest BCUT2D eigenvalue weighted by Crippen LogP contribution is 1.93. The maximum atomic E-state index is 10.9. The number of hydrogen-bond donors (Lipinski definition) is 2. The first-order chi connectivity index (χ1) is 6.85. The second-order valence-corrected chi connectivity index (χ2v) is 6.03. The van der Waals surface area contributed by atoms with Gasteiger partial charge >= 0.3 is 0 Å². The molecular weight excluding hydrogens is 218 g/mol. The third-order valence-corrected chi connectivity index (χ3v) is 2.99. The van der Waals surface area contributed by atoms with E-state index in [9.17, 15) is 13.5 Å². The van der Waals surface area contributed by atoms with E-state index < -0.39 is 15.9 Å². The van der Waals surface area contributed by atoms with Crippen molar-refractivity contribution in [3.63, 3.8) is 0 Å². The maximum Gasteiger partial charge on any atom is 0.148 e. The van der Waals surface area contributed by atoms with Crippen LogP contribution in [-0.4, -0.2) is 57.9 Å². The van der Waals surface area contributed by atoms with Crippen LogP contribution in [0, 0.1) is 0 Å². The first kappa shape index (κ1) is 14.8. The van der Waals surface area contributed by atoms with Crippen LogP contribution in [0.1, 0.15) is 13.3 Å². The minimum absolute atomic E-state index is 0.0882. The third-order valence-electron chi connectivity index (χ3n) is 1.88. The molecule has 0 aromatic rings. The van der Waals surface area contributed by atoms with Crippen molar-refractivity contribution in [3.05, 3.63) is 0 Å². The Balaban J connectivity index is 3.59. The van der Waals surface area contributed by atoms with Crippen molar-refractivity contribution < 1.29 is 18.3 Å². The fraction of sp³-hybridized carbons (Fsp3) is 1.00. The summed E-state index contributed by atoms with van der Waals surface area (Å²) in [6.45, 7) is 2.70. The smallest absolute Gasteiger partial charge is 0.148 e. The Morgan fingerprint density at radius 2 is 2.07 bits per heavy atom. The summed E-state index contributed by atoms with van der Waals surface area (Å²) in [5.74, 6) is 0.118. The predicted molar refractivity (Wildman–Crippen MR) is 59.7 cm³/mol. The van der Waals surface area contributed by atoms with Gasteiger partial charge in [0.25, 0.3) is 0 Å². The topological polar surface area (TPSA) is 75.6 Å². The van der Waals surface area contributed by atoms with Crippen molar-refractivity contribution in [2.45, 2.75) is 25.5 Å². The normalized spacial score (nSPS) is 16.3. The Hall–Kier alpha value is -0.170. The van der Waals surface area contributed by atoms with E-state index in [4.69, 9.17) is 4.74 Å². The molecule has 0 bridgehead atoms. The molecule has 6 heteroatoms. The number of sulfone groups is 1. The fourth-order valence-corrected chi connectivity index (χ4v) is 2.31. The lowest BCUT2D eigenvalue weighted by Crippen LogP contribution is -2.35. The Morgan fingerprint density at radius 3 is 2.53 bits per heavy atom. The molecule has 15 heavy (non-hydrogen) atoms. The average molecular weight is 239 g/mol. The summed E-state index contributed by atoms with van der Waals surface area (Å²) in [5, 5.41) is 12.3. The molecule has 0 radical (unpaired) electrons. The number of nitrogens with one attached hydrogen (secondary N) is 1. The van der Waals surface area contributed by atoms with Crippen LogP contribution in [0.15, 0.2) is 0 Å². The van der Waals surface area contributed by atoms with Gasteiger partial charge in [-0.1, -0.05) is 0 Å². The zero-order valence-electron chi connectivity index (χ0n) is 9.56. The molecule has 92 valence electrons. The van der Waals surface area contributed by atoms with Crippen LogP contribution in [0.25, 0.3) is 0 Å². The molecule has 0 aromatic heterocycles. The lowest BCUT2D eigenvalue weighted by Gasteiger charge is -2.14. The van der Waals surface area contributed by atoms with E-state index >= 15 is 0 Å². The number of ether oxygens (including phenoxy) is 1. The summed E-state index contributed by atoms with van der Waals surface area (Å²) in [6, 6.07) is -0.0882. The first-order valence-electron chi connectivity index (χ1n) is 4.93. The van der Waals surface area contributed by atoms with Gasteiger partial charge in [0.05, 0.1) is 18.5 Å². The molecule has 0 aliphatic heterocycles. The van der Waals surface area contributed by atoms with Crippen LogP contribution in [0.5, 0.6) is 0 Å². The van der Waals surface area contributed by atoms with Crippen molar-refractivity contribution >= 4 is 9.84 Å². The molecule has 0 fully saturated rings. The van der Waals surface area contributed by atoms with Crippen LogP contribution >= 0.6 is 0 Å². The van der Waals surface area contributed by atoms with E-state index in [0.29, 0.717) is 19.6 Å². The highest BCUT2D eigenvalue weighted by atomic mass is 32.2. The van der Waals surface area contributed by atoms with Crippen molar-refractivity contribution in [2.24, 2.45) is 0 Å². The molecule has 0 rings (SSSR count). The van der Waals surface area contributed by atoms with Gasteiger partial charge in [-0.25, -0.2) is 8.42 Å². The van der Waals surface area contributed by atoms with Crippen LogP contribution in [0.2, 0.25) is 0 Å². The summed E-state index contributed by atoms with van der Waals surface area (Å²) >= 11 is 0. The Labute approximate surface area is 91.7 Å².